The molecule has 0 rings (SSSR count). The van der Waals surface area contributed by atoms with Crippen molar-refractivity contribution >= 4 is 0 Å². The van der Waals surface area contributed by atoms with Crippen molar-refractivity contribution in [3.05, 3.63) is 0 Å². The predicted octanol–water partition coefficient (Wildman–Crippen LogP) is 2.82. The molecule has 1 unspecified atom stereocenters. The lowest BCUT2D eigenvalue weighted by Gasteiger charge is -2.08. The summed E-state index contributed by atoms with van der Waals surface area (Å²) in [7, 11) is 0. The van der Waals surface area contributed by atoms with Gasteiger partial charge in [-0.2, -0.15) is 0 Å². The van der Waals surface area contributed by atoms with Crippen molar-refractivity contribution in [1.82, 2.24) is 0 Å². The zero-order chi connectivity index (χ0) is 12.8. The first kappa shape index (κ1) is 16.9. The number of ether oxygens (including phenoxy) is 1. The van der Waals surface area contributed by atoms with Crippen molar-refractivity contribution in [3.63, 3.8) is 0 Å². The summed E-state index contributed by atoms with van der Waals surface area (Å²) in [5.74, 6) is 0. The van der Waals surface area contributed by atoms with E-state index >= 15 is 0 Å². The fourth-order valence-electron chi connectivity index (χ4n) is 1.79. The minimum Gasteiger partial charge on any atom is -0.381 e. The van der Waals surface area contributed by atoms with Gasteiger partial charge in [0.1, 0.15) is 0 Å². The van der Waals surface area contributed by atoms with Crippen LogP contribution in [0.15, 0.2) is 0 Å². The molecule has 0 amide bonds. The standard InChI is InChI=1S/C14H32N2O/c1-2-3-4-5-6-7-8-9-11-17-12-10-14(16)13-15/h14H,2-13,15-16H2,1H3. The summed E-state index contributed by atoms with van der Waals surface area (Å²) >= 11 is 0. The Bertz CT molecular complexity index is 142. The number of hydrogen-bond donors (Lipinski definition) is 2. The van der Waals surface area contributed by atoms with Gasteiger partial charge in [0.05, 0.1) is 0 Å². The van der Waals surface area contributed by atoms with Gasteiger partial charge in [0.2, 0.25) is 0 Å². The van der Waals surface area contributed by atoms with E-state index in [1.165, 1.54) is 51.4 Å². The van der Waals surface area contributed by atoms with Gasteiger partial charge in [-0.3, -0.25) is 0 Å². The van der Waals surface area contributed by atoms with Crippen LogP contribution in [0.5, 0.6) is 0 Å². The van der Waals surface area contributed by atoms with E-state index < -0.39 is 0 Å². The molecule has 3 nitrogen and oxygen atoms in total. The first-order valence-electron chi connectivity index (χ1n) is 7.34. The smallest absolute Gasteiger partial charge is 0.0481 e. The molecule has 0 aliphatic carbocycles. The number of unbranched alkanes of at least 4 members (excludes halogenated alkanes) is 7. The van der Waals surface area contributed by atoms with Gasteiger partial charge < -0.3 is 16.2 Å². The fraction of sp³-hybridized carbons (Fsp3) is 1.00. The van der Waals surface area contributed by atoms with Crippen LogP contribution in [0.2, 0.25) is 0 Å². The second-order valence-corrected chi connectivity index (χ2v) is 4.87. The summed E-state index contributed by atoms with van der Waals surface area (Å²) in [6, 6.07) is 0.105. The highest BCUT2D eigenvalue weighted by molar-refractivity contribution is 4.59. The molecule has 0 saturated carbocycles. The average Bonchev–Trinajstić information content (AvgIpc) is 2.35. The Morgan fingerprint density at radius 2 is 1.47 bits per heavy atom. The molecule has 0 aromatic rings. The van der Waals surface area contributed by atoms with E-state index in [2.05, 4.69) is 6.92 Å². The summed E-state index contributed by atoms with van der Waals surface area (Å²) in [5, 5.41) is 0. The Morgan fingerprint density at radius 3 is 2.06 bits per heavy atom. The summed E-state index contributed by atoms with van der Waals surface area (Å²) in [4.78, 5) is 0. The van der Waals surface area contributed by atoms with E-state index in [0.717, 1.165) is 19.6 Å². The maximum absolute atomic E-state index is 5.69. The highest BCUT2D eigenvalue weighted by Gasteiger charge is 1.98. The lowest BCUT2D eigenvalue weighted by Crippen LogP contribution is -2.30. The van der Waals surface area contributed by atoms with Crippen molar-refractivity contribution in [3.8, 4) is 0 Å². The third-order valence-electron chi connectivity index (χ3n) is 3.08. The summed E-state index contributed by atoms with van der Waals surface area (Å²) in [6.45, 7) is 4.45. The van der Waals surface area contributed by atoms with E-state index in [-0.39, 0.29) is 6.04 Å². The van der Waals surface area contributed by atoms with Gasteiger partial charge in [0, 0.05) is 25.8 Å². The molecule has 0 radical (unpaired) electrons. The van der Waals surface area contributed by atoms with Gasteiger partial charge in [-0.25, -0.2) is 0 Å². The first-order chi connectivity index (χ1) is 8.31. The number of hydrogen-bond acceptors (Lipinski definition) is 3. The van der Waals surface area contributed by atoms with E-state index in [1.54, 1.807) is 0 Å². The van der Waals surface area contributed by atoms with Crippen molar-refractivity contribution < 1.29 is 4.74 Å². The zero-order valence-corrected chi connectivity index (χ0v) is 11.6. The highest BCUT2D eigenvalue weighted by atomic mass is 16.5. The van der Waals surface area contributed by atoms with Crippen molar-refractivity contribution in [2.24, 2.45) is 11.5 Å². The summed E-state index contributed by atoms with van der Waals surface area (Å²) in [5.41, 5.74) is 11.1. The molecule has 0 aromatic heterocycles. The normalized spacial score (nSPS) is 12.9. The van der Waals surface area contributed by atoms with E-state index in [1.807, 2.05) is 0 Å². The highest BCUT2D eigenvalue weighted by Crippen LogP contribution is 2.08. The molecular formula is C14H32N2O. The quantitative estimate of drug-likeness (QED) is 0.490. The SMILES string of the molecule is CCCCCCCCCCOCCC(N)CN. The molecule has 0 aliphatic rings. The Kier molecular flexibility index (Phi) is 13.8. The molecule has 0 aliphatic heterocycles. The van der Waals surface area contributed by atoms with Gasteiger partial charge in [0.25, 0.3) is 0 Å². The maximum atomic E-state index is 5.69. The third kappa shape index (κ3) is 13.8. The topological polar surface area (TPSA) is 61.3 Å². The molecule has 1 atom stereocenters. The maximum Gasteiger partial charge on any atom is 0.0481 e. The molecule has 4 N–H and O–H groups in total. The molecule has 0 fully saturated rings. The average molecular weight is 244 g/mol. The van der Waals surface area contributed by atoms with E-state index in [4.69, 9.17) is 16.2 Å². The Morgan fingerprint density at radius 1 is 0.882 bits per heavy atom. The van der Waals surface area contributed by atoms with E-state index in [0.29, 0.717) is 6.54 Å². The lowest BCUT2D eigenvalue weighted by molar-refractivity contribution is 0.123. The van der Waals surface area contributed by atoms with Gasteiger partial charge in [-0.05, 0) is 12.8 Å². The molecule has 0 heterocycles. The molecule has 104 valence electrons. The van der Waals surface area contributed by atoms with Crippen LogP contribution < -0.4 is 11.5 Å². The van der Waals surface area contributed by atoms with Crippen LogP contribution in [0.4, 0.5) is 0 Å². The fourth-order valence-corrected chi connectivity index (χ4v) is 1.79. The largest absolute Gasteiger partial charge is 0.381 e. The Balaban J connectivity index is 2.94. The monoisotopic (exact) mass is 244 g/mol. The second-order valence-electron chi connectivity index (χ2n) is 4.87. The molecule has 0 aromatic carbocycles. The van der Waals surface area contributed by atoms with Crippen molar-refractivity contribution in [2.75, 3.05) is 19.8 Å². The zero-order valence-electron chi connectivity index (χ0n) is 11.6. The number of rotatable bonds is 13. The molecule has 0 saturated heterocycles. The van der Waals surface area contributed by atoms with Gasteiger partial charge in [-0.15, -0.1) is 0 Å². The van der Waals surface area contributed by atoms with Crippen molar-refractivity contribution in [1.29, 1.82) is 0 Å². The molecule has 17 heavy (non-hydrogen) atoms. The molecule has 3 heteroatoms. The van der Waals surface area contributed by atoms with Crippen LogP contribution in [0.1, 0.15) is 64.7 Å². The lowest BCUT2D eigenvalue weighted by atomic mass is 10.1. The third-order valence-corrected chi connectivity index (χ3v) is 3.08. The minimum absolute atomic E-state index is 0.105. The van der Waals surface area contributed by atoms with E-state index in [9.17, 15) is 0 Å². The van der Waals surface area contributed by atoms with Crippen LogP contribution in [0.3, 0.4) is 0 Å². The summed E-state index contributed by atoms with van der Waals surface area (Å²) < 4.78 is 5.52. The number of nitrogens with two attached hydrogens (primary N) is 2. The molecule has 0 spiro atoms. The van der Waals surface area contributed by atoms with Crippen LogP contribution in [0, 0.1) is 0 Å². The van der Waals surface area contributed by atoms with Gasteiger partial charge in [-0.1, -0.05) is 51.9 Å². The van der Waals surface area contributed by atoms with Crippen LogP contribution in [-0.2, 0) is 4.74 Å². The summed E-state index contributed by atoms with van der Waals surface area (Å²) in [6.07, 6.45) is 11.6. The van der Waals surface area contributed by atoms with Gasteiger partial charge >= 0.3 is 0 Å². The predicted molar refractivity (Wildman–Crippen MR) is 75.1 cm³/mol. The van der Waals surface area contributed by atoms with Gasteiger partial charge in [0.15, 0.2) is 0 Å². The molecule has 0 bridgehead atoms. The first-order valence-corrected chi connectivity index (χ1v) is 7.34. The molecular weight excluding hydrogens is 212 g/mol. The Hall–Kier alpha value is -0.120. The van der Waals surface area contributed by atoms with Crippen molar-refractivity contribution in [2.45, 2.75) is 70.8 Å². The van der Waals surface area contributed by atoms with Crippen LogP contribution in [-0.4, -0.2) is 25.8 Å². The Labute approximate surface area is 107 Å². The second kappa shape index (κ2) is 13.9. The minimum atomic E-state index is 0.105. The van der Waals surface area contributed by atoms with Crippen LogP contribution in [0.25, 0.3) is 0 Å². The van der Waals surface area contributed by atoms with Crippen LogP contribution >= 0.6 is 0 Å².